The smallest absolute Gasteiger partial charge is 0.255 e. The molecule has 1 aromatic heterocycles. The summed E-state index contributed by atoms with van der Waals surface area (Å²) < 4.78 is 5.65. The molecule has 6 nitrogen and oxygen atoms in total. The van der Waals surface area contributed by atoms with Crippen LogP contribution in [0.2, 0.25) is 0 Å². The molecule has 2 heterocycles. The Balaban J connectivity index is 2.02. The van der Waals surface area contributed by atoms with E-state index in [0.29, 0.717) is 31.0 Å². The van der Waals surface area contributed by atoms with E-state index in [9.17, 15) is 4.79 Å². The number of nitriles is 1. The van der Waals surface area contributed by atoms with E-state index in [-0.39, 0.29) is 12.0 Å². The van der Waals surface area contributed by atoms with Crippen LogP contribution in [0.5, 0.6) is 0 Å². The van der Waals surface area contributed by atoms with E-state index in [1.54, 1.807) is 17.0 Å². The molecular weight excluding hydrogens is 256 g/mol. The first-order valence-corrected chi connectivity index (χ1v) is 6.52. The largest absolute Gasteiger partial charge is 0.373 e. The second-order valence-electron chi connectivity index (χ2n) is 5.05. The molecule has 0 aliphatic carbocycles. The number of hydrogen-bond donors (Lipinski definition) is 0. The van der Waals surface area contributed by atoms with Gasteiger partial charge in [-0.3, -0.25) is 4.79 Å². The summed E-state index contributed by atoms with van der Waals surface area (Å²) in [6, 6.07) is 5.14. The zero-order valence-corrected chi connectivity index (χ0v) is 11.7. The molecule has 1 fully saturated rings. The van der Waals surface area contributed by atoms with Gasteiger partial charge in [0.2, 0.25) is 0 Å². The average molecular weight is 274 g/mol. The van der Waals surface area contributed by atoms with Crippen LogP contribution in [0.3, 0.4) is 0 Å². The van der Waals surface area contributed by atoms with Gasteiger partial charge in [-0.1, -0.05) is 0 Å². The van der Waals surface area contributed by atoms with Crippen LogP contribution >= 0.6 is 0 Å². The normalized spacial score (nSPS) is 18.9. The van der Waals surface area contributed by atoms with Crippen molar-refractivity contribution in [2.24, 2.45) is 0 Å². The molecule has 1 unspecified atom stereocenters. The van der Waals surface area contributed by atoms with Crippen molar-refractivity contribution in [3.8, 4) is 6.07 Å². The fourth-order valence-corrected chi connectivity index (χ4v) is 2.19. The van der Waals surface area contributed by atoms with E-state index in [2.05, 4.69) is 4.98 Å². The first-order valence-electron chi connectivity index (χ1n) is 6.52. The van der Waals surface area contributed by atoms with Crippen molar-refractivity contribution in [3.05, 3.63) is 29.6 Å². The van der Waals surface area contributed by atoms with Crippen molar-refractivity contribution < 1.29 is 9.53 Å². The van der Waals surface area contributed by atoms with Crippen molar-refractivity contribution in [2.45, 2.75) is 6.10 Å². The number of carbonyl (C=O) groups is 1. The van der Waals surface area contributed by atoms with Crippen molar-refractivity contribution >= 4 is 5.91 Å². The molecule has 0 spiro atoms. The topological polar surface area (TPSA) is 69.5 Å². The molecule has 0 N–H and O–H groups in total. The molecule has 1 saturated heterocycles. The van der Waals surface area contributed by atoms with Gasteiger partial charge in [0.15, 0.2) is 0 Å². The number of ether oxygens (including phenoxy) is 1. The molecule has 106 valence electrons. The molecule has 0 saturated carbocycles. The van der Waals surface area contributed by atoms with Crippen molar-refractivity contribution in [1.29, 1.82) is 5.26 Å². The average Bonchev–Trinajstić information content (AvgIpc) is 2.46. The lowest BCUT2D eigenvalue weighted by Gasteiger charge is -2.34. The van der Waals surface area contributed by atoms with E-state index in [1.807, 2.05) is 25.1 Å². The lowest BCUT2D eigenvalue weighted by atomic mass is 10.2. The van der Waals surface area contributed by atoms with E-state index >= 15 is 0 Å². The van der Waals surface area contributed by atoms with E-state index in [0.717, 1.165) is 6.54 Å². The molecule has 2 rings (SSSR count). The maximum absolute atomic E-state index is 12.4. The van der Waals surface area contributed by atoms with Crippen molar-refractivity contribution in [2.75, 3.05) is 40.3 Å². The molecule has 1 aliphatic heterocycles. The Morgan fingerprint density at radius 2 is 2.40 bits per heavy atom. The molecular formula is C14H18N4O2. The summed E-state index contributed by atoms with van der Waals surface area (Å²) in [6.45, 7) is 2.50. The SMILES string of the molecule is CN(C)CC1CN(C(=O)c2ccc(C#N)nc2)CCO1. The molecule has 20 heavy (non-hydrogen) atoms. The number of hydrogen-bond acceptors (Lipinski definition) is 5. The van der Waals surface area contributed by atoms with E-state index in [1.165, 1.54) is 6.20 Å². The first kappa shape index (κ1) is 14.4. The monoisotopic (exact) mass is 274 g/mol. The Labute approximate surface area is 118 Å². The third-order valence-electron chi connectivity index (χ3n) is 3.12. The highest BCUT2D eigenvalue weighted by molar-refractivity contribution is 5.94. The predicted octanol–water partition coefficient (Wildman–Crippen LogP) is 0.356. The zero-order valence-electron chi connectivity index (χ0n) is 11.7. The molecule has 1 aromatic rings. The molecule has 0 aromatic carbocycles. The second kappa shape index (κ2) is 6.46. The quantitative estimate of drug-likeness (QED) is 0.796. The minimum atomic E-state index is -0.0611. The number of aromatic nitrogens is 1. The molecule has 0 bridgehead atoms. The number of rotatable bonds is 3. The van der Waals surface area contributed by atoms with Crippen LogP contribution < -0.4 is 0 Å². The summed E-state index contributed by atoms with van der Waals surface area (Å²) in [7, 11) is 3.96. The molecule has 1 atom stereocenters. The van der Waals surface area contributed by atoms with Crippen molar-refractivity contribution in [1.82, 2.24) is 14.8 Å². The Kier molecular flexibility index (Phi) is 4.66. The zero-order chi connectivity index (χ0) is 14.5. The van der Waals surface area contributed by atoms with Crippen LogP contribution in [-0.2, 0) is 4.74 Å². The van der Waals surface area contributed by atoms with Gasteiger partial charge in [0.05, 0.1) is 18.3 Å². The molecule has 1 amide bonds. The highest BCUT2D eigenvalue weighted by Gasteiger charge is 2.25. The van der Waals surface area contributed by atoms with Crippen LogP contribution in [0.1, 0.15) is 16.1 Å². The van der Waals surface area contributed by atoms with Gasteiger partial charge in [0, 0.05) is 25.8 Å². The molecule has 1 aliphatic rings. The lowest BCUT2D eigenvalue weighted by Crippen LogP contribution is -2.48. The Bertz CT molecular complexity index is 507. The van der Waals surface area contributed by atoms with Gasteiger partial charge in [0.25, 0.3) is 5.91 Å². The van der Waals surface area contributed by atoms with Crippen LogP contribution in [0, 0.1) is 11.3 Å². The maximum atomic E-state index is 12.4. The third kappa shape index (κ3) is 3.53. The fraction of sp³-hybridized carbons (Fsp3) is 0.500. The van der Waals surface area contributed by atoms with Gasteiger partial charge < -0.3 is 14.5 Å². The van der Waals surface area contributed by atoms with Crippen LogP contribution in [0.15, 0.2) is 18.3 Å². The number of carbonyl (C=O) groups excluding carboxylic acids is 1. The highest BCUT2D eigenvalue weighted by Crippen LogP contribution is 2.11. The lowest BCUT2D eigenvalue weighted by molar-refractivity contribution is -0.0306. The number of pyridine rings is 1. The third-order valence-corrected chi connectivity index (χ3v) is 3.12. The molecule has 0 radical (unpaired) electrons. The minimum absolute atomic E-state index is 0.0361. The van der Waals surface area contributed by atoms with Gasteiger partial charge in [-0.05, 0) is 26.2 Å². The number of amides is 1. The minimum Gasteiger partial charge on any atom is -0.373 e. The Morgan fingerprint density at radius 1 is 1.60 bits per heavy atom. The number of nitrogens with zero attached hydrogens (tertiary/aromatic N) is 4. The summed E-state index contributed by atoms with van der Waals surface area (Å²) in [5.41, 5.74) is 0.823. The van der Waals surface area contributed by atoms with Gasteiger partial charge in [-0.15, -0.1) is 0 Å². The fourth-order valence-electron chi connectivity index (χ4n) is 2.19. The Hall–Kier alpha value is -1.97. The summed E-state index contributed by atoms with van der Waals surface area (Å²) in [4.78, 5) is 20.1. The Morgan fingerprint density at radius 3 is 3.00 bits per heavy atom. The van der Waals surface area contributed by atoms with Crippen LogP contribution in [-0.4, -0.2) is 67.1 Å². The van der Waals surface area contributed by atoms with Crippen LogP contribution in [0.4, 0.5) is 0 Å². The summed E-state index contributed by atoms with van der Waals surface area (Å²) in [6.07, 6.45) is 1.49. The second-order valence-corrected chi connectivity index (χ2v) is 5.05. The predicted molar refractivity (Wildman–Crippen MR) is 73.1 cm³/mol. The first-order chi connectivity index (χ1) is 9.60. The van der Waals surface area contributed by atoms with Gasteiger partial charge >= 0.3 is 0 Å². The van der Waals surface area contributed by atoms with E-state index in [4.69, 9.17) is 10.00 Å². The van der Waals surface area contributed by atoms with Gasteiger partial charge in [-0.25, -0.2) is 4.98 Å². The maximum Gasteiger partial charge on any atom is 0.255 e. The van der Waals surface area contributed by atoms with Gasteiger partial charge in [0.1, 0.15) is 11.8 Å². The van der Waals surface area contributed by atoms with Gasteiger partial charge in [-0.2, -0.15) is 5.26 Å². The number of morpholine rings is 1. The summed E-state index contributed by atoms with van der Waals surface area (Å²) >= 11 is 0. The standard InChI is InChI=1S/C14H18N4O2/c1-17(2)9-13-10-18(5-6-20-13)14(19)11-3-4-12(7-15)16-8-11/h3-4,8,13H,5-6,9-10H2,1-2H3. The molecule has 6 heteroatoms. The number of likely N-dealkylation sites (N-methyl/N-ethyl adjacent to an activating group) is 1. The highest BCUT2D eigenvalue weighted by atomic mass is 16.5. The summed E-state index contributed by atoms with van der Waals surface area (Å²) in [5.74, 6) is -0.0611. The van der Waals surface area contributed by atoms with Crippen molar-refractivity contribution in [3.63, 3.8) is 0 Å². The van der Waals surface area contributed by atoms with E-state index < -0.39 is 0 Å². The van der Waals surface area contributed by atoms with Crippen LogP contribution in [0.25, 0.3) is 0 Å². The summed E-state index contributed by atoms with van der Waals surface area (Å²) in [5, 5.41) is 8.71.